The minimum absolute atomic E-state index is 0.923. The Morgan fingerprint density at radius 3 is 2.60 bits per heavy atom. The van der Waals surface area contributed by atoms with Gasteiger partial charge in [0.1, 0.15) is 0 Å². The fourth-order valence-electron chi connectivity index (χ4n) is 0.916. The summed E-state index contributed by atoms with van der Waals surface area (Å²) in [6.07, 6.45) is 8.69. The summed E-state index contributed by atoms with van der Waals surface area (Å²) < 4.78 is 4.94. The van der Waals surface area contributed by atoms with Crippen LogP contribution in [0.4, 0.5) is 0 Å². The van der Waals surface area contributed by atoms with Crippen LogP contribution in [0, 0.1) is 6.42 Å². The zero-order valence-electron chi connectivity index (χ0n) is 7.23. The lowest BCUT2D eigenvalue weighted by atomic mass is 10.1. The normalized spacial score (nSPS) is 10.2. The average molecular weight is 143 g/mol. The molecule has 0 aromatic heterocycles. The van der Waals surface area contributed by atoms with Crippen LogP contribution in [0.3, 0.4) is 0 Å². The van der Waals surface area contributed by atoms with Gasteiger partial charge >= 0.3 is 0 Å². The van der Waals surface area contributed by atoms with Gasteiger partial charge in [-0.3, -0.25) is 0 Å². The Hall–Kier alpha value is -0.0400. The topological polar surface area (TPSA) is 9.23 Å². The molecule has 0 amide bonds. The first-order valence-corrected chi connectivity index (χ1v) is 4.22. The molecule has 10 heavy (non-hydrogen) atoms. The molecule has 0 bridgehead atoms. The second-order valence-corrected chi connectivity index (χ2v) is 2.54. The molecule has 0 spiro atoms. The van der Waals surface area contributed by atoms with E-state index < -0.39 is 0 Å². The molecule has 0 aromatic rings. The lowest BCUT2D eigenvalue weighted by Crippen LogP contribution is -1.87. The third-order valence-electron chi connectivity index (χ3n) is 1.55. The molecule has 61 valence electrons. The minimum Gasteiger partial charge on any atom is -0.385 e. The summed E-state index contributed by atoms with van der Waals surface area (Å²) in [5.41, 5.74) is 0. The number of hydrogen-bond donors (Lipinski definition) is 0. The summed E-state index contributed by atoms with van der Waals surface area (Å²) in [7, 11) is 1.76. The molecule has 0 saturated carbocycles. The standard InChI is InChI=1S/C9H19O/c1-3-4-5-6-7-8-9-10-2/h4H,3,5-9H2,1-2H3. The summed E-state index contributed by atoms with van der Waals surface area (Å²) in [6, 6.07) is 0. The van der Waals surface area contributed by atoms with E-state index in [9.17, 15) is 0 Å². The van der Waals surface area contributed by atoms with Crippen molar-refractivity contribution in [2.75, 3.05) is 13.7 Å². The van der Waals surface area contributed by atoms with Crippen molar-refractivity contribution in [1.29, 1.82) is 0 Å². The van der Waals surface area contributed by atoms with E-state index in [1.165, 1.54) is 32.1 Å². The van der Waals surface area contributed by atoms with E-state index in [1.807, 2.05) is 0 Å². The number of ether oxygens (including phenoxy) is 1. The van der Waals surface area contributed by atoms with Gasteiger partial charge in [-0.2, -0.15) is 0 Å². The maximum absolute atomic E-state index is 4.94. The molecule has 1 heteroatoms. The quantitative estimate of drug-likeness (QED) is 0.498. The molecular formula is C9H19O. The van der Waals surface area contributed by atoms with E-state index in [0.717, 1.165) is 6.61 Å². The minimum atomic E-state index is 0.923. The van der Waals surface area contributed by atoms with Crippen molar-refractivity contribution in [3.8, 4) is 0 Å². The van der Waals surface area contributed by atoms with Crippen molar-refractivity contribution in [3.63, 3.8) is 0 Å². The van der Waals surface area contributed by atoms with Crippen LogP contribution in [0.5, 0.6) is 0 Å². The second-order valence-electron chi connectivity index (χ2n) is 2.54. The molecule has 1 radical (unpaired) electrons. The van der Waals surface area contributed by atoms with Crippen molar-refractivity contribution in [2.24, 2.45) is 0 Å². The molecule has 0 saturated heterocycles. The molecule has 0 unspecified atom stereocenters. The van der Waals surface area contributed by atoms with Crippen LogP contribution in [-0.2, 0) is 4.74 Å². The van der Waals surface area contributed by atoms with Gasteiger partial charge in [0.15, 0.2) is 0 Å². The van der Waals surface area contributed by atoms with Gasteiger partial charge in [-0.05, 0) is 12.8 Å². The van der Waals surface area contributed by atoms with Crippen molar-refractivity contribution < 1.29 is 4.74 Å². The van der Waals surface area contributed by atoms with Gasteiger partial charge in [0.05, 0.1) is 0 Å². The largest absolute Gasteiger partial charge is 0.385 e. The van der Waals surface area contributed by atoms with Crippen molar-refractivity contribution in [1.82, 2.24) is 0 Å². The molecule has 0 fully saturated rings. The highest BCUT2D eigenvalue weighted by molar-refractivity contribution is 4.60. The van der Waals surface area contributed by atoms with Gasteiger partial charge in [-0.15, -0.1) is 0 Å². The molecule has 0 aliphatic heterocycles. The Labute approximate surface area is 64.8 Å². The summed E-state index contributed by atoms with van der Waals surface area (Å²) >= 11 is 0. The average Bonchev–Trinajstić information content (AvgIpc) is 1.97. The van der Waals surface area contributed by atoms with Gasteiger partial charge < -0.3 is 4.74 Å². The summed E-state index contributed by atoms with van der Waals surface area (Å²) in [6.45, 7) is 3.11. The van der Waals surface area contributed by atoms with Crippen LogP contribution in [0.25, 0.3) is 0 Å². The predicted octanol–water partition coefficient (Wildman–Crippen LogP) is 2.81. The van der Waals surface area contributed by atoms with E-state index in [-0.39, 0.29) is 0 Å². The predicted molar refractivity (Wildman–Crippen MR) is 44.9 cm³/mol. The molecule has 0 atom stereocenters. The highest BCUT2D eigenvalue weighted by Crippen LogP contribution is 2.03. The molecule has 0 aromatic carbocycles. The highest BCUT2D eigenvalue weighted by atomic mass is 16.5. The van der Waals surface area contributed by atoms with Crippen LogP contribution in [0.1, 0.15) is 39.0 Å². The summed E-state index contributed by atoms with van der Waals surface area (Å²) in [5, 5.41) is 0. The summed E-state index contributed by atoms with van der Waals surface area (Å²) in [5.74, 6) is 0. The molecular weight excluding hydrogens is 124 g/mol. The van der Waals surface area contributed by atoms with Crippen molar-refractivity contribution >= 4 is 0 Å². The zero-order valence-corrected chi connectivity index (χ0v) is 7.23. The fraction of sp³-hybridized carbons (Fsp3) is 0.889. The van der Waals surface area contributed by atoms with Crippen LogP contribution in [0.2, 0.25) is 0 Å². The molecule has 1 nitrogen and oxygen atoms in total. The van der Waals surface area contributed by atoms with Gasteiger partial charge in [0.2, 0.25) is 0 Å². The van der Waals surface area contributed by atoms with Crippen molar-refractivity contribution in [2.45, 2.75) is 39.0 Å². The molecule has 0 rings (SSSR count). The first kappa shape index (κ1) is 9.96. The Morgan fingerprint density at radius 2 is 2.00 bits per heavy atom. The first-order valence-electron chi connectivity index (χ1n) is 4.22. The van der Waals surface area contributed by atoms with E-state index in [2.05, 4.69) is 13.3 Å². The smallest absolute Gasteiger partial charge is 0.0462 e. The Morgan fingerprint density at radius 1 is 1.20 bits per heavy atom. The first-order chi connectivity index (χ1) is 4.91. The number of hydrogen-bond acceptors (Lipinski definition) is 1. The van der Waals surface area contributed by atoms with E-state index in [0.29, 0.717) is 0 Å². The Bertz CT molecular complexity index is 44.7. The monoisotopic (exact) mass is 143 g/mol. The lowest BCUT2D eigenvalue weighted by Gasteiger charge is -1.98. The maximum atomic E-state index is 4.94. The van der Waals surface area contributed by atoms with Crippen LogP contribution < -0.4 is 0 Å². The van der Waals surface area contributed by atoms with E-state index in [1.54, 1.807) is 7.11 Å². The Balaban J connectivity index is 2.65. The van der Waals surface area contributed by atoms with Gasteiger partial charge in [0.25, 0.3) is 0 Å². The maximum Gasteiger partial charge on any atom is 0.0462 e. The van der Waals surface area contributed by atoms with Crippen LogP contribution in [-0.4, -0.2) is 13.7 Å². The van der Waals surface area contributed by atoms with E-state index >= 15 is 0 Å². The molecule has 0 aliphatic carbocycles. The number of unbranched alkanes of at least 4 members (excludes halogenated alkanes) is 5. The summed E-state index contributed by atoms with van der Waals surface area (Å²) in [4.78, 5) is 0. The second kappa shape index (κ2) is 8.96. The zero-order chi connectivity index (χ0) is 7.66. The Kier molecular flexibility index (Phi) is 8.92. The van der Waals surface area contributed by atoms with Gasteiger partial charge in [0, 0.05) is 13.7 Å². The molecule has 0 aliphatic rings. The molecule has 0 N–H and O–H groups in total. The van der Waals surface area contributed by atoms with Crippen LogP contribution >= 0.6 is 0 Å². The SMILES string of the molecule is CC[CH]CCCCCOC. The molecule has 0 heterocycles. The van der Waals surface area contributed by atoms with E-state index in [4.69, 9.17) is 4.74 Å². The van der Waals surface area contributed by atoms with Gasteiger partial charge in [-0.25, -0.2) is 0 Å². The van der Waals surface area contributed by atoms with Gasteiger partial charge in [-0.1, -0.05) is 32.6 Å². The third-order valence-corrected chi connectivity index (χ3v) is 1.55. The van der Waals surface area contributed by atoms with Crippen LogP contribution in [0.15, 0.2) is 0 Å². The number of rotatable bonds is 7. The lowest BCUT2D eigenvalue weighted by molar-refractivity contribution is 0.192. The highest BCUT2D eigenvalue weighted by Gasteiger charge is 1.87. The fourth-order valence-corrected chi connectivity index (χ4v) is 0.916. The third kappa shape index (κ3) is 7.96. The number of methoxy groups -OCH3 is 1. The van der Waals surface area contributed by atoms with Crippen molar-refractivity contribution in [3.05, 3.63) is 6.42 Å².